The number of hydrogen-bond acceptors (Lipinski definition) is 3. The van der Waals surface area contributed by atoms with Crippen LogP contribution in [-0.4, -0.2) is 43.1 Å². The first-order chi connectivity index (χ1) is 9.34. The molecular weight excluding hydrogens is 274 g/mol. The van der Waals surface area contributed by atoms with E-state index < -0.39 is 17.6 Å². The SMILES string of the molecule is CN1CCN(NCc2cc(F)cc(C(F)(F)F)c2)CC1. The summed E-state index contributed by atoms with van der Waals surface area (Å²) in [6.07, 6.45) is -4.52. The van der Waals surface area contributed by atoms with Crippen molar-refractivity contribution in [3.8, 4) is 0 Å². The molecule has 0 radical (unpaired) electrons. The van der Waals surface area contributed by atoms with Gasteiger partial charge in [0.05, 0.1) is 5.56 Å². The first-order valence-electron chi connectivity index (χ1n) is 6.38. The normalized spacial score (nSPS) is 18.4. The number of alkyl halides is 3. The third kappa shape index (κ3) is 4.16. The molecule has 0 bridgehead atoms. The minimum Gasteiger partial charge on any atom is -0.304 e. The average Bonchev–Trinajstić information content (AvgIpc) is 2.36. The fraction of sp³-hybridized carbons (Fsp3) is 0.538. The van der Waals surface area contributed by atoms with Crippen LogP contribution in [0.5, 0.6) is 0 Å². The Morgan fingerprint density at radius 3 is 2.35 bits per heavy atom. The Morgan fingerprint density at radius 2 is 1.75 bits per heavy atom. The molecule has 3 nitrogen and oxygen atoms in total. The largest absolute Gasteiger partial charge is 0.416 e. The van der Waals surface area contributed by atoms with Crippen LogP contribution in [0.2, 0.25) is 0 Å². The van der Waals surface area contributed by atoms with Crippen molar-refractivity contribution < 1.29 is 17.6 Å². The van der Waals surface area contributed by atoms with Gasteiger partial charge in [-0.3, -0.25) is 5.43 Å². The molecule has 1 N–H and O–H groups in total. The lowest BCUT2D eigenvalue weighted by Gasteiger charge is -2.32. The number of hydrazine groups is 1. The second-order valence-electron chi connectivity index (χ2n) is 4.97. The van der Waals surface area contributed by atoms with Crippen molar-refractivity contribution in [2.24, 2.45) is 0 Å². The fourth-order valence-electron chi connectivity index (χ4n) is 2.08. The number of piperazine rings is 1. The Hall–Kier alpha value is -1.18. The highest BCUT2D eigenvalue weighted by Gasteiger charge is 2.31. The molecule has 7 heteroatoms. The lowest BCUT2D eigenvalue weighted by Crippen LogP contribution is -2.50. The van der Waals surface area contributed by atoms with E-state index in [1.54, 1.807) is 0 Å². The summed E-state index contributed by atoms with van der Waals surface area (Å²) < 4.78 is 51.0. The monoisotopic (exact) mass is 291 g/mol. The van der Waals surface area contributed by atoms with E-state index in [0.717, 1.165) is 38.3 Å². The van der Waals surface area contributed by atoms with Gasteiger partial charge in [-0.15, -0.1) is 0 Å². The summed E-state index contributed by atoms with van der Waals surface area (Å²) in [6.45, 7) is 3.55. The lowest BCUT2D eigenvalue weighted by atomic mass is 10.1. The molecule has 0 amide bonds. The Kier molecular flexibility index (Phi) is 4.62. The molecule has 1 aliphatic rings. The number of halogens is 4. The van der Waals surface area contributed by atoms with Gasteiger partial charge in [0.2, 0.25) is 0 Å². The van der Waals surface area contributed by atoms with Gasteiger partial charge in [-0.25, -0.2) is 9.40 Å². The maximum absolute atomic E-state index is 13.2. The topological polar surface area (TPSA) is 18.5 Å². The van der Waals surface area contributed by atoms with E-state index in [4.69, 9.17) is 0 Å². The smallest absolute Gasteiger partial charge is 0.304 e. The van der Waals surface area contributed by atoms with Crippen LogP contribution in [0.4, 0.5) is 17.6 Å². The number of benzene rings is 1. The molecule has 1 aliphatic heterocycles. The molecule has 0 atom stereocenters. The molecule has 1 fully saturated rings. The zero-order chi connectivity index (χ0) is 14.8. The minimum atomic E-state index is -4.52. The number of hydrogen-bond donors (Lipinski definition) is 1. The van der Waals surface area contributed by atoms with Crippen molar-refractivity contribution in [1.29, 1.82) is 0 Å². The molecule has 1 aromatic carbocycles. The minimum absolute atomic E-state index is 0.185. The maximum atomic E-state index is 13.2. The Morgan fingerprint density at radius 1 is 1.10 bits per heavy atom. The molecule has 0 saturated carbocycles. The van der Waals surface area contributed by atoms with Gasteiger partial charge < -0.3 is 4.90 Å². The van der Waals surface area contributed by atoms with Gasteiger partial charge in [0, 0.05) is 32.7 Å². The van der Waals surface area contributed by atoms with Crippen molar-refractivity contribution in [3.63, 3.8) is 0 Å². The van der Waals surface area contributed by atoms with E-state index in [2.05, 4.69) is 10.3 Å². The summed E-state index contributed by atoms with van der Waals surface area (Å²) in [5.74, 6) is -0.866. The van der Waals surface area contributed by atoms with E-state index in [0.29, 0.717) is 6.07 Å². The summed E-state index contributed by atoms with van der Waals surface area (Å²) >= 11 is 0. The molecule has 112 valence electrons. The predicted molar refractivity (Wildman–Crippen MR) is 67.3 cm³/mol. The van der Waals surface area contributed by atoms with Gasteiger partial charge in [-0.2, -0.15) is 13.2 Å². The number of nitrogens with zero attached hydrogens (tertiary/aromatic N) is 2. The van der Waals surface area contributed by atoms with Crippen molar-refractivity contribution >= 4 is 0 Å². The van der Waals surface area contributed by atoms with Crippen LogP contribution in [0.1, 0.15) is 11.1 Å². The van der Waals surface area contributed by atoms with Crippen LogP contribution in [-0.2, 0) is 12.7 Å². The molecule has 1 heterocycles. The van der Waals surface area contributed by atoms with Crippen LogP contribution < -0.4 is 5.43 Å². The van der Waals surface area contributed by atoms with Gasteiger partial charge in [-0.05, 0) is 30.8 Å². The molecule has 1 saturated heterocycles. The zero-order valence-electron chi connectivity index (χ0n) is 11.2. The predicted octanol–water partition coefficient (Wildman–Crippen LogP) is 2.10. The van der Waals surface area contributed by atoms with E-state index in [1.165, 1.54) is 0 Å². The quantitative estimate of drug-likeness (QED) is 0.860. The standard InChI is InChI=1S/C13H17F4N3/c1-19-2-4-20(5-3-19)18-9-10-6-11(13(15,16)17)8-12(14)7-10/h6-8,18H,2-5,9H2,1H3. The molecule has 1 aromatic rings. The van der Waals surface area contributed by atoms with Crippen LogP contribution in [0, 0.1) is 5.82 Å². The van der Waals surface area contributed by atoms with Crippen LogP contribution in [0.15, 0.2) is 18.2 Å². The second kappa shape index (κ2) is 6.07. The van der Waals surface area contributed by atoms with E-state index in [1.807, 2.05) is 12.1 Å². The summed E-state index contributed by atoms with van der Waals surface area (Å²) in [6, 6.07) is 2.61. The molecule has 2 rings (SSSR count). The van der Waals surface area contributed by atoms with Crippen LogP contribution in [0.25, 0.3) is 0 Å². The summed E-state index contributed by atoms with van der Waals surface area (Å²) in [5, 5.41) is 1.94. The summed E-state index contributed by atoms with van der Waals surface area (Å²) in [4.78, 5) is 2.17. The molecule has 0 spiro atoms. The number of nitrogens with one attached hydrogen (secondary N) is 1. The molecule has 0 unspecified atom stereocenters. The van der Waals surface area contributed by atoms with E-state index in [9.17, 15) is 17.6 Å². The van der Waals surface area contributed by atoms with Crippen molar-refractivity contribution in [2.45, 2.75) is 12.7 Å². The first-order valence-corrected chi connectivity index (χ1v) is 6.38. The lowest BCUT2D eigenvalue weighted by molar-refractivity contribution is -0.137. The van der Waals surface area contributed by atoms with Crippen molar-refractivity contribution in [1.82, 2.24) is 15.3 Å². The summed E-state index contributed by atoms with van der Waals surface area (Å²) in [7, 11) is 2.01. The Balaban J connectivity index is 1.97. The third-order valence-corrected chi connectivity index (χ3v) is 3.29. The fourth-order valence-corrected chi connectivity index (χ4v) is 2.08. The van der Waals surface area contributed by atoms with Crippen molar-refractivity contribution in [3.05, 3.63) is 35.1 Å². The van der Waals surface area contributed by atoms with Crippen LogP contribution >= 0.6 is 0 Å². The number of likely N-dealkylation sites (N-methyl/N-ethyl adjacent to an activating group) is 1. The van der Waals surface area contributed by atoms with Gasteiger partial charge in [0.1, 0.15) is 5.82 Å². The Bertz CT molecular complexity index is 453. The van der Waals surface area contributed by atoms with Crippen LogP contribution in [0.3, 0.4) is 0 Å². The van der Waals surface area contributed by atoms with Gasteiger partial charge >= 0.3 is 6.18 Å². The molecular formula is C13H17F4N3. The van der Waals surface area contributed by atoms with Gasteiger partial charge in [0.15, 0.2) is 0 Å². The van der Waals surface area contributed by atoms with Crippen molar-refractivity contribution in [2.75, 3.05) is 33.2 Å². The second-order valence-corrected chi connectivity index (χ2v) is 4.97. The third-order valence-electron chi connectivity index (χ3n) is 3.29. The molecule has 0 aliphatic carbocycles. The molecule has 0 aromatic heterocycles. The highest BCUT2D eigenvalue weighted by molar-refractivity contribution is 5.26. The highest BCUT2D eigenvalue weighted by atomic mass is 19.4. The molecule has 20 heavy (non-hydrogen) atoms. The first kappa shape index (κ1) is 15.2. The van der Waals surface area contributed by atoms with Gasteiger partial charge in [0.25, 0.3) is 0 Å². The zero-order valence-corrected chi connectivity index (χ0v) is 11.2. The summed E-state index contributed by atoms with van der Waals surface area (Å²) in [5.41, 5.74) is 2.37. The highest BCUT2D eigenvalue weighted by Crippen LogP contribution is 2.30. The average molecular weight is 291 g/mol. The number of rotatable bonds is 3. The van der Waals surface area contributed by atoms with E-state index >= 15 is 0 Å². The van der Waals surface area contributed by atoms with E-state index in [-0.39, 0.29) is 12.1 Å². The maximum Gasteiger partial charge on any atom is 0.416 e. The van der Waals surface area contributed by atoms with Gasteiger partial charge in [-0.1, -0.05) is 0 Å². The Labute approximate surface area is 115 Å².